The standard InChI is InChI=1S/C22H28N6O4/c1-28-9-4-8-23-20-19-15(22(30)27-21(19)26-13-25-20)12-24-14-6-7-16(31-2)17(11-14)32-10-3-5-18(28)29/h6-7,12-13,17,24H,3-5,8-11H2,1-2H3,(H2,23,25,26,27,30)/b15-12+. The second-order valence-corrected chi connectivity index (χ2v) is 7.83. The van der Waals surface area contributed by atoms with Crippen molar-refractivity contribution in [2.45, 2.75) is 31.8 Å². The minimum atomic E-state index is -0.261. The molecule has 10 heteroatoms. The summed E-state index contributed by atoms with van der Waals surface area (Å²) >= 11 is 0. The molecular weight excluding hydrogens is 412 g/mol. The van der Waals surface area contributed by atoms with Crippen LogP contribution in [0.5, 0.6) is 0 Å². The molecule has 10 nitrogen and oxygen atoms in total. The fraction of sp³-hybridized carbons (Fsp3) is 0.455. The highest BCUT2D eigenvalue weighted by Gasteiger charge is 2.30. The van der Waals surface area contributed by atoms with Gasteiger partial charge in [0.1, 0.15) is 29.8 Å². The predicted octanol–water partition coefficient (Wildman–Crippen LogP) is 1.62. The van der Waals surface area contributed by atoms with Gasteiger partial charge in [-0.15, -0.1) is 0 Å². The maximum Gasteiger partial charge on any atom is 0.259 e. The molecular formula is C22H28N6O4. The zero-order valence-electron chi connectivity index (χ0n) is 18.3. The molecule has 0 saturated carbocycles. The Morgan fingerprint density at radius 2 is 2.03 bits per heavy atom. The first kappa shape index (κ1) is 21.8. The monoisotopic (exact) mass is 440 g/mol. The van der Waals surface area contributed by atoms with Crippen molar-refractivity contribution in [3.8, 4) is 0 Å². The van der Waals surface area contributed by atoms with Crippen molar-refractivity contribution < 1.29 is 19.1 Å². The summed E-state index contributed by atoms with van der Waals surface area (Å²) in [5.41, 5.74) is 1.97. The fourth-order valence-corrected chi connectivity index (χ4v) is 3.85. The van der Waals surface area contributed by atoms with E-state index >= 15 is 0 Å². The Bertz CT molecular complexity index is 987. The number of fused-ring (bicyclic) bond motifs is 2. The quantitative estimate of drug-likeness (QED) is 0.603. The van der Waals surface area contributed by atoms with Gasteiger partial charge < -0.3 is 30.3 Å². The molecule has 2 aliphatic heterocycles. The summed E-state index contributed by atoms with van der Waals surface area (Å²) < 4.78 is 11.5. The van der Waals surface area contributed by atoms with E-state index in [9.17, 15) is 9.59 Å². The van der Waals surface area contributed by atoms with E-state index < -0.39 is 0 Å². The van der Waals surface area contributed by atoms with E-state index in [1.54, 1.807) is 18.2 Å². The first-order valence-corrected chi connectivity index (χ1v) is 10.7. The van der Waals surface area contributed by atoms with Crippen molar-refractivity contribution in [1.29, 1.82) is 0 Å². The number of carbonyl (C=O) groups excluding carboxylic acids is 2. The average Bonchev–Trinajstić information content (AvgIpc) is 3.12. The molecule has 3 heterocycles. The lowest BCUT2D eigenvalue weighted by atomic mass is 10.1. The van der Waals surface area contributed by atoms with E-state index in [0.717, 1.165) is 17.9 Å². The van der Waals surface area contributed by atoms with Crippen LogP contribution >= 0.6 is 0 Å². The van der Waals surface area contributed by atoms with Crippen molar-refractivity contribution in [3.05, 3.63) is 41.7 Å². The number of carbonyl (C=O) groups is 2. The number of methoxy groups -OCH3 is 1. The van der Waals surface area contributed by atoms with Crippen LogP contribution in [0.3, 0.4) is 0 Å². The number of amides is 2. The highest BCUT2D eigenvalue weighted by atomic mass is 16.5. The largest absolute Gasteiger partial charge is 0.498 e. The van der Waals surface area contributed by atoms with E-state index in [0.29, 0.717) is 61.7 Å². The van der Waals surface area contributed by atoms with E-state index in [1.165, 1.54) is 6.33 Å². The molecule has 0 radical (unpaired) electrons. The van der Waals surface area contributed by atoms with E-state index in [4.69, 9.17) is 9.47 Å². The lowest BCUT2D eigenvalue weighted by molar-refractivity contribution is -0.130. The molecule has 2 bridgehead atoms. The topological polar surface area (TPSA) is 118 Å². The molecule has 1 aromatic rings. The van der Waals surface area contributed by atoms with Crippen LogP contribution in [0, 0.1) is 0 Å². The first-order chi connectivity index (χ1) is 15.6. The number of allylic oxidation sites excluding steroid dienone is 2. The molecule has 170 valence electrons. The highest BCUT2D eigenvalue weighted by molar-refractivity contribution is 6.32. The van der Waals surface area contributed by atoms with Crippen LogP contribution in [-0.2, 0) is 19.1 Å². The van der Waals surface area contributed by atoms with Crippen LogP contribution in [0.4, 0.5) is 11.6 Å². The molecule has 32 heavy (non-hydrogen) atoms. The van der Waals surface area contributed by atoms with Gasteiger partial charge in [0.2, 0.25) is 5.91 Å². The SMILES string of the molecule is COC1=CC=C2CC1OCCCC(=O)N(C)CCCNc1ncnc3c1/C(=C\N2)C(=O)N3. The van der Waals surface area contributed by atoms with Crippen LogP contribution in [0.25, 0.3) is 5.57 Å². The minimum Gasteiger partial charge on any atom is -0.498 e. The van der Waals surface area contributed by atoms with E-state index in [2.05, 4.69) is 25.9 Å². The molecule has 0 saturated heterocycles. The first-order valence-electron chi connectivity index (χ1n) is 10.7. The second kappa shape index (κ2) is 9.82. The molecule has 0 fully saturated rings. The summed E-state index contributed by atoms with van der Waals surface area (Å²) in [6.45, 7) is 1.68. The lowest BCUT2D eigenvalue weighted by Crippen LogP contribution is -2.29. The molecule has 1 unspecified atom stereocenters. The Morgan fingerprint density at radius 3 is 2.88 bits per heavy atom. The van der Waals surface area contributed by atoms with Crippen LogP contribution in [0.15, 0.2) is 36.1 Å². The molecule has 4 rings (SSSR count). The Balaban J connectivity index is 1.61. The van der Waals surface area contributed by atoms with Crippen molar-refractivity contribution in [2.75, 3.05) is 44.5 Å². The van der Waals surface area contributed by atoms with Gasteiger partial charge in [0.05, 0.1) is 18.2 Å². The summed E-state index contributed by atoms with van der Waals surface area (Å²) in [6.07, 6.45) is 8.97. The summed E-state index contributed by atoms with van der Waals surface area (Å²) in [5.74, 6) is 1.63. The maximum atomic E-state index is 12.6. The Kier molecular flexibility index (Phi) is 6.69. The van der Waals surface area contributed by atoms with Gasteiger partial charge in [-0.2, -0.15) is 0 Å². The molecule has 3 aliphatic rings. The highest BCUT2D eigenvalue weighted by Crippen LogP contribution is 2.34. The summed E-state index contributed by atoms with van der Waals surface area (Å²) in [6, 6.07) is 0. The van der Waals surface area contributed by atoms with Crippen molar-refractivity contribution in [2.24, 2.45) is 0 Å². The third-order valence-corrected chi connectivity index (χ3v) is 5.64. The van der Waals surface area contributed by atoms with Crippen molar-refractivity contribution >= 4 is 29.0 Å². The summed E-state index contributed by atoms with van der Waals surface area (Å²) in [7, 11) is 3.42. The zero-order chi connectivity index (χ0) is 22.5. The number of ether oxygens (including phenoxy) is 2. The molecule has 1 aromatic heterocycles. The molecule has 0 aromatic carbocycles. The molecule has 0 spiro atoms. The summed E-state index contributed by atoms with van der Waals surface area (Å²) in [4.78, 5) is 35.2. The van der Waals surface area contributed by atoms with E-state index in [1.807, 2.05) is 19.2 Å². The normalized spacial score (nSPS) is 23.8. The van der Waals surface area contributed by atoms with Crippen LogP contribution < -0.4 is 16.0 Å². The molecule has 1 atom stereocenters. The van der Waals surface area contributed by atoms with Crippen molar-refractivity contribution in [3.63, 3.8) is 0 Å². The number of hydrogen-bond donors (Lipinski definition) is 3. The number of nitrogens with zero attached hydrogens (tertiary/aromatic N) is 3. The maximum absolute atomic E-state index is 12.6. The van der Waals surface area contributed by atoms with Gasteiger partial charge >= 0.3 is 0 Å². The van der Waals surface area contributed by atoms with Gasteiger partial charge in [-0.05, 0) is 25.0 Å². The average molecular weight is 441 g/mol. The minimum absolute atomic E-state index is 0.0889. The molecule has 1 aliphatic carbocycles. The van der Waals surface area contributed by atoms with E-state index in [-0.39, 0.29) is 17.9 Å². The lowest BCUT2D eigenvalue weighted by Gasteiger charge is -2.25. The fourth-order valence-electron chi connectivity index (χ4n) is 3.85. The number of rotatable bonds is 1. The van der Waals surface area contributed by atoms with Gasteiger partial charge in [0, 0.05) is 51.5 Å². The van der Waals surface area contributed by atoms with Crippen LogP contribution in [0.2, 0.25) is 0 Å². The van der Waals surface area contributed by atoms with Gasteiger partial charge in [0.15, 0.2) is 0 Å². The van der Waals surface area contributed by atoms with Gasteiger partial charge in [-0.25, -0.2) is 9.97 Å². The van der Waals surface area contributed by atoms with Crippen LogP contribution in [-0.4, -0.2) is 66.6 Å². The second-order valence-electron chi connectivity index (χ2n) is 7.83. The van der Waals surface area contributed by atoms with Crippen LogP contribution in [0.1, 0.15) is 31.2 Å². The Morgan fingerprint density at radius 1 is 1.19 bits per heavy atom. The zero-order valence-corrected chi connectivity index (χ0v) is 18.3. The number of hydrogen-bond acceptors (Lipinski definition) is 8. The Hall–Kier alpha value is -3.40. The predicted molar refractivity (Wildman–Crippen MR) is 119 cm³/mol. The summed E-state index contributed by atoms with van der Waals surface area (Å²) in [5, 5.41) is 9.30. The number of nitrogens with one attached hydrogen (secondary N) is 3. The number of anilines is 2. The molecule has 2 amide bonds. The number of aromatic nitrogens is 2. The van der Waals surface area contributed by atoms with Gasteiger partial charge in [0.25, 0.3) is 5.91 Å². The van der Waals surface area contributed by atoms with Gasteiger partial charge in [-0.1, -0.05) is 0 Å². The smallest absolute Gasteiger partial charge is 0.259 e. The third-order valence-electron chi connectivity index (χ3n) is 5.64. The van der Waals surface area contributed by atoms with Gasteiger partial charge in [-0.3, -0.25) is 9.59 Å². The molecule has 3 N–H and O–H groups in total. The van der Waals surface area contributed by atoms with Crippen molar-refractivity contribution in [1.82, 2.24) is 20.2 Å². The Labute approximate surface area is 186 Å². The third kappa shape index (κ3) is 4.75.